The molecule has 4 aromatic rings. The van der Waals surface area contributed by atoms with Crippen molar-refractivity contribution in [2.45, 2.75) is 39.5 Å². The largest absolute Gasteiger partial charge is 0.394 e. The van der Waals surface area contributed by atoms with Crippen molar-refractivity contribution in [1.82, 2.24) is 20.0 Å². The van der Waals surface area contributed by atoms with Crippen molar-refractivity contribution in [2.24, 2.45) is 0 Å². The first-order chi connectivity index (χ1) is 17.0. The van der Waals surface area contributed by atoms with Gasteiger partial charge in [-0.25, -0.2) is 0 Å². The van der Waals surface area contributed by atoms with Gasteiger partial charge in [0.1, 0.15) is 0 Å². The van der Waals surface area contributed by atoms with Gasteiger partial charge in [-0.15, -0.1) is 0 Å². The van der Waals surface area contributed by atoms with Crippen LogP contribution in [-0.4, -0.2) is 38.8 Å². The average molecular weight is 489 g/mol. The van der Waals surface area contributed by atoms with E-state index in [9.17, 15) is 9.90 Å². The van der Waals surface area contributed by atoms with E-state index in [0.29, 0.717) is 25.3 Å². The first-order valence-electron chi connectivity index (χ1n) is 11.9. The molecule has 6 nitrogen and oxygen atoms in total. The normalized spacial score (nSPS) is 13.7. The quantitative estimate of drug-likeness (QED) is 0.402. The van der Waals surface area contributed by atoms with Gasteiger partial charge < -0.3 is 10.4 Å². The molecule has 3 aromatic carbocycles. The third kappa shape index (κ3) is 4.96. The average Bonchev–Trinajstić information content (AvgIpc) is 3.23. The lowest BCUT2D eigenvalue weighted by atomic mass is 10.0. The van der Waals surface area contributed by atoms with Crippen LogP contribution in [0.1, 0.15) is 38.4 Å². The van der Waals surface area contributed by atoms with E-state index in [1.54, 1.807) is 4.68 Å². The summed E-state index contributed by atoms with van der Waals surface area (Å²) >= 11 is 6.33. The summed E-state index contributed by atoms with van der Waals surface area (Å²) in [5.41, 5.74) is 5.70. The number of rotatable bonds is 7. The number of aliphatic hydroxyl groups excluding tert-OH is 1. The maximum absolute atomic E-state index is 13.3. The fourth-order valence-corrected chi connectivity index (χ4v) is 5.05. The highest BCUT2D eigenvalue weighted by Gasteiger charge is 2.28. The molecule has 180 valence electrons. The lowest BCUT2D eigenvalue weighted by Gasteiger charge is -2.28. The Morgan fingerprint density at radius 2 is 1.97 bits per heavy atom. The molecule has 0 saturated heterocycles. The van der Waals surface area contributed by atoms with Gasteiger partial charge in [0.05, 0.1) is 13.2 Å². The molecule has 2 heterocycles. The fraction of sp³-hybridized carbons (Fsp3) is 0.286. The van der Waals surface area contributed by atoms with Crippen molar-refractivity contribution in [2.75, 3.05) is 13.2 Å². The number of nitrogens with zero attached hydrogens (tertiary/aromatic N) is 3. The van der Waals surface area contributed by atoms with Crippen LogP contribution in [0.2, 0.25) is 5.02 Å². The smallest absolute Gasteiger partial charge is 0.272 e. The SMILES string of the molecule is Cc1ccc(CN2CCc3c(c(C(=O)NCc4cccc5ccccc45)nn3CCO)C2)cc1Cl. The topological polar surface area (TPSA) is 70.4 Å². The van der Waals surface area contributed by atoms with E-state index in [1.165, 1.54) is 0 Å². The van der Waals surface area contributed by atoms with Crippen LogP contribution in [-0.2, 0) is 32.6 Å². The third-order valence-corrected chi connectivity index (χ3v) is 7.11. The maximum atomic E-state index is 13.3. The number of amides is 1. The number of hydrogen-bond donors (Lipinski definition) is 2. The van der Waals surface area contributed by atoms with E-state index in [2.05, 4.69) is 39.6 Å². The first-order valence-corrected chi connectivity index (χ1v) is 12.3. The molecule has 1 aliphatic rings. The minimum absolute atomic E-state index is 0.0171. The molecular formula is C28H29ClN4O2. The Kier molecular flexibility index (Phi) is 6.86. The number of aryl methyl sites for hydroxylation is 1. The van der Waals surface area contributed by atoms with Crippen LogP contribution in [0.25, 0.3) is 10.8 Å². The predicted molar refractivity (Wildman–Crippen MR) is 138 cm³/mol. The Balaban J connectivity index is 1.36. The molecule has 0 bridgehead atoms. The molecule has 7 heteroatoms. The van der Waals surface area contributed by atoms with Crippen LogP contribution in [0, 0.1) is 6.92 Å². The number of fused-ring (bicyclic) bond motifs is 2. The number of aliphatic hydroxyl groups is 1. The molecule has 0 radical (unpaired) electrons. The zero-order valence-corrected chi connectivity index (χ0v) is 20.6. The van der Waals surface area contributed by atoms with Crippen LogP contribution in [0.15, 0.2) is 60.7 Å². The second-order valence-electron chi connectivity index (χ2n) is 9.09. The molecule has 0 saturated carbocycles. The van der Waals surface area contributed by atoms with Gasteiger partial charge in [-0.1, -0.05) is 66.2 Å². The summed E-state index contributed by atoms with van der Waals surface area (Å²) in [6.07, 6.45) is 0.776. The van der Waals surface area contributed by atoms with Gasteiger partial charge >= 0.3 is 0 Å². The number of benzene rings is 3. The molecule has 1 aliphatic heterocycles. The molecule has 0 fully saturated rings. The molecular weight excluding hydrogens is 460 g/mol. The van der Waals surface area contributed by atoms with Gasteiger partial charge in [-0.2, -0.15) is 5.10 Å². The number of carbonyl (C=O) groups is 1. The minimum atomic E-state index is -0.189. The predicted octanol–water partition coefficient (Wildman–Crippen LogP) is 4.48. The molecule has 0 atom stereocenters. The van der Waals surface area contributed by atoms with Crippen molar-refractivity contribution in [1.29, 1.82) is 0 Å². The molecule has 35 heavy (non-hydrogen) atoms. The van der Waals surface area contributed by atoms with Gasteiger partial charge in [0.2, 0.25) is 0 Å². The zero-order chi connectivity index (χ0) is 24.4. The Morgan fingerprint density at radius 1 is 1.14 bits per heavy atom. The van der Waals surface area contributed by atoms with Crippen LogP contribution in [0.4, 0.5) is 0 Å². The van der Waals surface area contributed by atoms with Crippen molar-refractivity contribution >= 4 is 28.3 Å². The number of nitrogens with one attached hydrogen (secondary N) is 1. The van der Waals surface area contributed by atoms with Gasteiger partial charge in [-0.3, -0.25) is 14.4 Å². The zero-order valence-electron chi connectivity index (χ0n) is 19.8. The lowest BCUT2D eigenvalue weighted by Crippen LogP contribution is -2.32. The van der Waals surface area contributed by atoms with Crippen molar-refractivity contribution in [3.63, 3.8) is 0 Å². The summed E-state index contributed by atoms with van der Waals surface area (Å²) < 4.78 is 1.79. The third-order valence-electron chi connectivity index (χ3n) is 6.70. The first kappa shape index (κ1) is 23.5. The second kappa shape index (κ2) is 10.2. The van der Waals surface area contributed by atoms with Crippen LogP contribution in [0.3, 0.4) is 0 Å². The lowest BCUT2D eigenvalue weighted by molar-refractivity contribution is 0.0942. The fourth-order valence-electron chi connectivity index (χ4n) is 4.84. The Labute approximate surface area is 210 Å². The summed E-state index contributed by atoms with van der Waals surface area (Å²) in [6.45, 7) is 5.02. The molecule has 2 N–H and O–H groups in total. The van der Waals surface area contributed by atoms with Gasteiger partial charge in [0.25, 0.3) is 5.91 Å². The molecule has 5 rings (SSSR count). The van der Waals surface area contributed by atoms with E-state index in [1.807, 2.05) is 43.3 Å². The summed E-state index contributed by atoms with van der Waals surface area (Å²) in [4.78, 5) is 15.6. The standard InChI is InChI=1S/C28H29ClN4O2/c1-19-9-10-20(15-25(19)29)17-32-12-11-26-24(18-32)27(31-33(26)13-14-34)28(35)30-16-22-7-4-6-21-5-2-3-8-23(21)22/h2-10,15,34H,11-14,16-18H2,1H3,(H,30,35). The van der Waals surface area contributed by atoms with Crippen molar-refractivity contribution in [3.05, 3.63) is 99.3 Å². The van der Waals surface area contributed by atoms with Crippen molar-refractivity contribution in [3.8, 4) is 0 Å². The Hall–Kier alpha value is -3.19. The van der Waals surface area contributed by atoms with Crippen LogP contribution in [0.5, 0.6) is 0 Å². The summed E-state index contributed by atoms with van der Waals surface area (Å²) in [5.74, 6) is -0.189. The van der Waals surface area contributed by atoms with E-state index in [-0.39, 0.29) is 12.5 Å². The number of aromatic nitrogens is 2. The molecule has 1 amide bonds. The van der Waals surface area contributed by atoms with E-state index >= 15 is 0 Å². The number of halogens is 1. The highest BCUT2D eigenvalue weighted by Crippen LogP contribution is 2.26. The van der Waals surface area contributed by atoms with Gasteiger partial charge in [-0.05, 0) is 40.5 Å². The van der Waals surface area contributed by atoms with E-state index in [4.69, 9.17) is 11.6 Å². The monoisotopic (exact) mass is 488 g/mol. The molecule has 0 unspecified atom stereocenters. The van der Waals surface area contributed by atoms with Crippen LogP contribution < -0.4 is 5.32 Å². The maximum Gasteiger partial charge on any atom is 0.272 e. The minimum Gasteiger partial charge on any atom is -0.394 e. The van der Waals surface area contributed by atoms with Gasteiger partial charge in [0.15, 0.2) is 5.69 Å². The van der Waals surface area contributed by atoms with Crippen LogP contribution >= 0.6 is 11.6 Å². The number of carbonyl (C=O) groups excluding carboxylic acids is 1. The highest BCUT2D eigenvalue weighted by molar-refractivity contribution is 6.31. The summed E-state index contributed by atoms with van der Waals surface area (Å²) in [7, 11) is 0. The van der Waals surface area contributed by atoms with Crippen molar-refractivity contribution < 1.29 is 9.90 Å². The number of hydrogen-bond acceptors (Lipinski definition) is 4. The summed E-state index contributed by atoms with van der Waals surface area (Å²) in [5, 5.41) is 20.3. The van der Waals surface area contributed by atoms with Gasteiger partial charge in [0, 0.05) is 48.9 Å². The molecule has 0 aliphatic carbocycles. The molecule has 0 spiro atoms. The van der Waals surface area contributed by atoms with E-state index < -0.39 is 0 Å². The van der Waals surface area contributed by atoms with E-state index in [0.717, 1.165) is 63.3 Å². The Bertz CT molecular complexity index is 1380. The highest BCUT2D eigenvalue weighted by atomic mass is 35.5. The summed E-state index contributed by atoms with van der Waals surface area (Å²) in [6, 6.07) is 20.4. The Morgan fingerprint density at radius 3 is 2.80 bits per heavy atom. The second-order valence-corrected chi connectivity index (χ2v) is 9.49. The molecule has 1 aromatic heterocycles.